The van der Waals surface area contributed by atoms with Crippen LogP contribution >= 0.6 is 0 Å². The van der Waals surface area contributed by atoms with Gasteiger partial charge in [0, 0.05) is 5.92 Å². The summed E-state index contributed by atoms with van der Waals surface area (Å²) in [5.41, 5.74) is 1.24. The standard InChI is InChI=1S/C25H29NO4/c1-4-19-7-9-20(10-8-19)29-18(3)25(27)26(15-21-6-5-13-28-21)16-22-11-12-24(30-22)23-14-17(23)2/h5-13,17-18,23H,4,14-16H2,1-3H3. The third-order valence-corrected chi connectivity index (χ3v) is 5.73. The Bertz CT molecular complexity index is 957. The second-order valence-electron chi connectivity index (χ2n) is 8.15. The van der Waals surface area contributed by atoms with Crippen LogP contribution in [-0.4, -0.2) is 16.9 Å². The van der Waals surface area contributed by atoms with E-state index in [9.17, 15) is 4.79 Å². The fraction of sp³-hybridized carbons (Fsp3) is 0.400. The van der Waals surface area contributed by atoms with Gasteiger partial charge in [-0.3, -0.25) is 4.79 Å². The summed E-state index contributed by atoms with van der Waals surface area (Å²) in [6.45, 7) is 6.86. The van der Waals surface area contributed by atoms with Gasteiger partial charge in [-0.05, 0) is 67.6 Å². The van der Waals surface area contributed by atoms with E-state index < -0.39 is 6.10 Å². The minimum absolute atomic E-state index is 0.108. The number of hydrogen-bond donors (Lipinski definition) is 0. The maximum Gasteiger partial charge on any atom is 0.264 e. The molecule has 4 rings (SSSR count). The van der Waals surface area contributed by atoms with Crippen molar-refractivity contribution in [3.8, 4) is 5.75 Å². The van der Waals surface area contributed by atoms with Crippen LogP contribution < -0.4 is 4.74 Å². The van der Waals surface area contributed by atoms with Crippen LogP contribution in [-0.2, 0) is 24.3 Å². The van der Waals surface area contributed by atoms with E-state index in [1.54, 1.807) is 18.1 Å². The zero-order chi connectivity index (χ0) is 21.1. The van der Waals surface area contributed by atoms with Crippen molar-refractivity contribution in [2.75, 3.05) is 0 Å². The van der Waals surface area contributed by atoms with Crippen LogP contribution in [0.3, 0.4) is 0 Å². The third kappa shape index (κ3) is 4.78. The Hall–Kier alpha value is -2.95. The number of ether oxygens (including phenoxy) is 1. The number of amides is 1. The second-order valence-corrected chi connectivity index (χ2v) is 8.15. The Morgan fingerprint density at radius 2 is 1.87 bits per heavy atom. The summed E-state index contributed by atoms with van der Waals surface area (Å²) in [5.74, 6) is 4.30. The molecule has 1 aromatic carbocycles. The van der Waals surface area contributed by atoms with Crippen LogP contribution in [0, 0.1) is 5.92 Å². The Morgan fingerprint density at radius 3 is 2.50 bits per heavy atom. The van der Waals surface area contributed by atoms with Gasteiger partial charge in [-0.1, -0.05) is 26.0 Å². The molecule has 1 fully saturated rings. The van der Waals surface area contributed by atoms with Gasteiger partial charge in [0.25, 0.3) is 5.91 Å². The van der Waals surface area contributed by atoms with Gasteiger partial charge < -0.3 is 18.5 Å². The van der Waals surface area contributed by atoms with Gasteiger partial charge in [0.2, 0.25) is 0 Å². The number of rotatable bonds is 9. The molecule has 0 aliphatic heterocycles. The maximum atomic E-state index is 13.2. The van der Waals surface area contributed by atoms with Gasteiger partial charge in [0.05, 0.1) is 19.4 Å². The summed E-state index contributed by atoms with van der Waals surface area (Å²) in [6, 6.07) is 15.6. The molecule has 2 heterocycles. The Kier molecular flexibility index (Phi) is 5.98. The van der Waals surface area contributed by atoms with Crippen LogP contribution in [0.2, 0.25) is 0 Å². The fourth-order valence-electron chi connectivity index (χ4n) is 3.70. The van der Waals surface area contributed by atoms with Crippen LogP contribution in [0.1, 0.15) is 56.0 Å². The molecule has 5 nitrogen and oxygen atoms in total. The number of carbonyl (C=O) groups excluding carboxylic acids is 1. The quantitative estimate of drug-likeness (QED) is 0.466. The highest BCUT2D eigenvalue weighted by Crippen LogP contribution is 2.47. The van der Waals surface area contributed by atoms with E-state index in [1.807, 2.05) is 48.5 Å². The highest BCUT2D eigenvalue weighted by atomic mass is 16.5. The summed E-state index contributed by atoms with van der Waals surface area (Å²) >= 11 is 0. The van der Waals surface area contributed by atoms with Gasteiger partial charge in [0.15, 0.2) is 6.10 Å². The van der Waals surface area contributed by atoms with Crippen molar-refractivity contribution in [1.29, 1.82) is 0 Å². The fourth-order valence-corrected chi connectivity index (χ4v) is 3.70. The van der Waals surface area contributed by atoms with Crippen molar-refractivity contribution in [2.45, 2.75) is 58.7 Å². The molecule has 0 spiro atoms. The number of aryl methyl sites for hydroxylation is 1. The number of benzene rings is 1. The first kappa shape index (κ1) is 20.3. The molecule has 0 N–H and O–H groups in total. The lowest BCUT2D eigenvalue weighted by Gasteiger charge is -2.24. The second kappa shape index (κ2) is 8.82. The molecule has 0 radical (unpaired) electrons. The monoisotopic (exact) mass is 407 g/mol. The molecule has 5 heteroatoms. The molecule has 3 atom stereocenters. The number of carbonyl (C=O) groups is 1. The van der Waals surface area contributed by atoms with Crippen molar-refractivity contribution in [3.05, 3.63) is 77.6 Å². The average Bonchev–Trinajstić information content (AvgIpc) is 3.14. The van der Waals surface area contributed by atoms with Crippen LogP contribution in [0.4, 0.5) is 0 Å². The minimum Gasteiger partial charge on any atom is -0.481 e. The van der Waals surface area contributed by atoms with E-state index in [-0.39, 0.29) is 5.91 Å². The molecule has 3 unspecified atom stereocenters. The van der Waals surface area contributed by atoms with Gasteiger partial charge in [0.1, 0.15) is 23.0 Å². The molecule has 1 amide bonds. The van der Waals surface area contributed by atoms with Gasteiger partial charge >= 0.3 is 0 Å². The molecule has 2 aromatic heterocycles. The van der Waals surface area contributed by atoms with E-state index in [0.29, 0.717) is 30.7 Å². The topological polar surface area (TPSA) is 55.8 Å². The molecule has 1 aliphatic carbocycles. The van der Waals surface area contributed by atoms with Crippen LogP contribution in [0.15, 0.2) is 63.6 Å². The zero-order valence-electron chi connectivity index (χ0n) is 17.8. The van der Waals surface area contributed by atoms with Crippen molar-refractivity contribution < 1.29 is 18.4 Å². The minimum atomic E-state index is -0.620. The van der Waals surface area contributed by atoms with Crippen molar-refractivity contribution >= 4 is 5.91 Å². The van der Waals surface area contributed by atoms with E-state index >= 15 is 0 Å². The molecule has 0 bridgehead atoms. The van der Waals surface area contributed by atoms with E-state index in [1.165, 1.54) is 12.0 Å². The predicted octanol–water partition coefficient (Wildman–Crippen LogP) is 5.55. The maximum absolute atomic E-state index is 13.2. The molecule has 1 aliphatic rings. The highest BCUT2D eigenvalue weighted by Gasteiger charge is 2.36. The summed E-state index contributed by atoms with van der Waals surface area (Å²) in [4.78, 5) is 14.9. The van der Waals surface area contributed by atoms with Crippen LogP contribution in [0.25, 0.3) is 0 Å². The molecule has 1 saturated carbocycles. The Labute approximate surface area is 177 Å². The SMILES string of the molecule is CCc1ccc(OC(C)C(=O)N(Cc2ccco2)Cc2ccc(C3CC3C)o2)cc1. The molecule has 3 aromatic rings. The predicted molar refractivity (Wildman–Crippen MR) is 114 cm³/mol. The number of nitrogens with zero attached hydrogens (tertiary/aromatic N) is 1. The number of furan rings is 2. The van der Waals surface area contributed by atoms with Gasteiger partial charge in [-0.2, -0.15) is 0 Å². The summed E-state index contributed by atoms with van der Waals surface area (Å²) in [6.07, 6.45) is 3.14. The molecule has 0 saturated heterocycles. The first-order chi connectivity index (χ1) is 14.5. The highest BCUT2D eigenvalue weighted by molar-refractivity contribution is 5.80. The summed E-state index contributed by atoms with van der Waals surface area (Å²) < 4.78 is 17.4. The smallest absolute Gasteiger partial charge is 0.264 e. The molecule has 30 heavy (non-hydrogen) atoms. The van der Waals surface area contributed by atoms with Crippen molar-refractivity contribution in [3.63, 3.8) is 0 Å². The summed E-state index contributed by atoms with van der Waals surface area (Å²) in [7, 11) is 0. The van der Waals surface area contributed by atoms with E-state index in [2.05, 4.69) is 13.8 Å². The largest absolute Gasteiger partial charge is 0.481 e. The van der Waals surface area contributed by atoms with Gasteiger partial charge in [-0.15, -0.1) is 0 Å². The molecular formula is C25H29NO4. The van der Waals surface area contributed by atoms with E-state index in [4.69, 9.17) is 13.6 Å². The summed E-state index contributed by atoms with van der Waals surface area (Å²) in [5, 5.41) is 0. The first-order valence-corrected chi connectivity index (χ1v) is 10.7. The number of hydrogen-bond acceptors (Lipinski definition) is 4. The third-order valence-electron chi connectivity index (χ3n) is 5.73. The normalized spacial score (nSPS) is 18.8. The van der Waals surface area contributed by atoms with Crippen molar-refractivity contribution in [1.82, 2.24) is 4.90 Å². The lowest BCUT2D eigenvalue weighted by Crippen LogP contribution is -2.39. The lowest BCUT2D eigenvalue weighted by atomic mass is 10.2. The van der Waals surface area contributed by atoms with Crippen molar-refractivity contribution in [2.24, 2.45) is 5.92 Å². The molecular weight excluding hydrogens is 378 g/mol. The first-order valence-electron chi connectivity index (χ1n) is 10.7. The van der Waals surface area contributed by atoms with Crippen LogP contribution in [0.5, 0.6) is 5.75 Å². The zero-order valence-corrected chi connectivity index (χ0v) is 17.8. The average molecular weight is 408 g/mol. The molecule has 158 valence electrons. The Balaban J connectivity index is 1.46. The van der Waals surface area contributed by atoms with Gasteiger partial charge in [-0.25, -0.2) is 0 Å². The lowest BCUT2D eigenvalue weighted by molar-refractivity contribution is -0.139. The Morgan fingerprint density at radius 1 is 1.13 bits per heavy atom. The van der Waals surface area contributed by atoms with E-state index in [0.717, 1.165) is 23.7 Å².